The zero-order valence-corrected chi connectivity index (χ0v) is 11.9. The number of nitriles is 1. The Hall–Kier alpha value is -2.33. The van der Waals surface area contributed by atoms with Crippen LogP contribution in [0, 0.1) is 18.3 Å². The summed E-state index contributed by atoms with van der Waals surface area (Å²) in [6, 6.07) is 8.93. The standard InChI is InChI=1S/C13H13N5OS/c1-9-16-17-13(18(9)2)20-8-12(19)15-11-6-4-3-5-10(11)7-14/h3-6H,8H2,1-2H3,(H,15,19). The molecule has 1 amide bonds. The number of hydrogen-bond acceptors (Lipinski definition) is 5. The lowest BCUT2D eigenvalue weighted by atomic mass is 10.2. The molecule has 0 radical (unpaired) electrons. The minimum Gasteiger partial charge on any atom is -0.324 e. The van der Waals surface area contributed by atoms with Gasteiger partial charge in [-0.2, -0.15) is 5.26 Å². The number of nitrogens with zero attached hydrogens (tertiary/aromatic N) is 4. The Labute approximate surface area is 120 Å². The summed E-state index contributed by atoms with van der Waals surface area (Å²) in [4.78, 5) is 11.9. The number of aromatic nitrogens is 3. The highest BCUT2D eigenvalue weighted by Crippen LogP contribution is 2.17. The summed E-state index contributed by atoms with van der Waals surface area (Å²) in [6.45, 7) is 1.85. The molecule has 1 aromatic heterocycles. The highest BCUT2D eigenvalue weighted by molar-refractivity contribution is 7.99. The molecule has 0 bridgehead atoms. The van der Waals surface area contributed by atoms with Crippen molar-refractivity contribution in [3.63, 3.8) is 0 Å². The predicted molar refractivity (Wildman–Crippen MR) is 76.3 cm³/mol. The van der Waals surface area contributed by atoms with E-state index in [1.54, 1.807) is 24.3 Å². The van der Waals surface area contributed by atoms with Crippen molar-refractivity contribution in [2.24, 2.45) is 7.05 Å². The molecular formula is C13H13N5OS. The molecule has 2 aromatic rings. The van der Waals surface area contributed by atoms with Crippen molar-refractivity contribution in [1.29, 1.82) is 5.26 Å². The quantitative estimate of drug-likeness (QED) is 0.866. The first-order valence-electron chi connectivity index (χ1n) is 5.89. The van der Waals surface area contributed by atoms with Crippen LogP contribution in [0.5, 0.6) is 0 Å². The number of thioether (sulfide) groups is 1. The van der Waals surface area contributed by atoms with Gasteiger partial charge in [-0.3, -0.25) is 4.79 Å². The van der Waals surface area contributed by atoms with E-state index >= 15 is 0 Å². The van der Waals surface area contributed by atoms with Crippen molar-refractivity contribution in [2.45, 2.75) is 12.1 Å². The van der Waals surface area contributed by atoms with E-state index in [9.17, 15) is 4.79 Å². The number of aryl methyl sites for hydroxylation is 1. The molecule has 1 heterocycles. The van der Waals surface area contributed by atoms with Crippen LogP contribution in [0.3, 0.4) is 0 Å². The second-order valence-electron chi connectivity index (χ2n) is 4.08. The first kappa shape index (κ1) is 14.1. The van der Waals surface area contributed by atoms with Gasteiger partial charge in [0.2, 0.25) is 5.91 Å². The van der Waals surface area contributed by atoms with Gasteiger partial charge in [0.05, 0.1) is 17.0 Å². The van der Waals surface area contributed by atoms with E-state index in [1.807, 2.05) is 24.6 Å². The van der Waals surface area contributed by atoms with Gasteiger partial charge >= 0.3 is 0 Å². The zero-order valence-electron chi connectivity index (χ0n) is 11.1. The summed E-state index contributed by atoms with van der Waals surface area (Å²) < 4.78 is 1.82. The molecule has 2 rings (SSSR count). The van der Waals surface area contributed by atoms with Crippen LogP contribution in [0.15, 0.2) is 29.4 Å². The maximum Gasteiger partial charge on any atom is 0.234 e. The van der Waals surface area contributed by atoms with Crippen molar-refractivity contribution in [3.8, 4) is 6.07 Å². The molecule has 0 unspecified atom stereocenters. The average Bonchev–Trinajstić information content (AvgIpc) is 2.77. The number of hydrogen-bond donors (Lipinski definition) is 1. The molecule has 0 saturated carbocycles. The molecule has 6 nitrogen and oxygen atoms in total. The monoisotopic (exact) mass is 287 g/mol. The molecular weight excluding hydrogens is 274 g/mol. The van der Waals surface area contributed by atoms with Crippen molar-refractivity contribution in [1.82, 2.24) is 14.8 Å². The SMILES string of the molecule is Cc1nnc(SCC(=O)Nc2ccccc2C#N)n1C. The van der Waals surface area contributed by atoms with E-state index in [1.165, 1.54) is 11.8 Å². The Kier molecular flexibility index (Phi) is 4.38. The third-order valence-electron chi connectivity index (χ3n) is 2.71. The van der Waals surface area contributed by atoms with E-state index < -0.39 is 0 Å². The van der Waals surface area contributed by atoms with Gasteiger partial charge in [0.25, 0.3) is 0 Å². The van der Waals surface area contributed by atoms with Gasteiger partial charge in [-0.05, 0) is 19.1 Å². The van der Waals surface area contributed by atoms with Crippen LogP contribution < -0.4 is 5.32 Å². The maximum absolute atomic E-state index is 11.9. The lowest BCUT2D eigenvalue weighted by Crippen LogP contribution is -2.15. The largest absolute Gasteiger partial charge is 0.324 e. The van der Waals surface area contributed by atoms with Gasteiger partial charge in [0.1, 0.15) is 11.9 Å². The molecule has 0 spiro atoms. The summed E-state index contributed by atoms with van der Waals surface area (Å²) in [5, 5.41) is 20.2. The summed E-state index contributed by atoms with van der Waals surface area (Å²) in [5.74, 6) is 0.826. The first-order valence-corrected chi connectivity index (χ1v) is 6.88. The molecule has 7 heteroatoms. The smallest absolute Gasteiger partial charge is 0.234 e. The molecule has 0 aliphatic rings. The molecule has 0 saturated heterocycles. The minimum atomic E-state index is -0.182. The Balaban J connectivity index is 1.96. The Morgan fingerprint density at radius 1 is 1.45 bits per heavy atom. The minimum absolute atomic E-state index is 0.182. The van der Waals surface area contributed by atoms with Gasteiger partial charge in [0.15, 0.2) is 5.16 Å². The first-order chi connectivity index (χ1) is 9.61. The molecule has 102 valence electrons. The van der Waals surface area contributed by atoms with E-state index in [0.717, 1.165) is 5.82 Å². The Morgan fingerprint density at radius 3 is 2.85 bits per heavy atom. The van der Waals surface area contributed by atoms with E-state index in [0.29, 0.717) is 16.4 Å². The molecule has 1 aromatic carbocycles. The lowest BCUT2D eigenvalue weighted by molar-refractivity contribution is -0.113. The molecule has 0 atom stereocenters. The van der Waals surface area contributed by atoms with Crippen LogP contribution in [-0.2, 0) is 11.8 Å². The number of anilines is 1. The van der Waals surface area contributed by atoms with Gasteiger partial charge in [0, 0.05) is 7.05 Å². The Morgan fingerprint density at radius 2 is 2.20 bits per heavy atom. The second kappa shape index (κ2) is 6.21. The fourth-order valence-electron chi connectivity index (χ4n) is 1.52. The van der Waals surface area contributed by atoms with E-state index in [-0.39, 0.29) is 11.7 Å². The highest BCUT2D eigenvalue weighted by Gasteiger charge is 2.10. The molecule has 0 aliphatic heterocycles. The summed E-state index contributed by atoms with van der Waals surface area (Å²) in [7, 11) is 1.85. The number of benzene rings is 1. The fourth-order valence-corrected chi connectivity index (χ4v) is 2.28. The van der Waals surface area contributed by atoms with E-state index in [4.69, 9.17) is 5.26 Å². The predicted octanol–water partition coefficient (Wildman–Crippen LogP) is 1.73. The lowest BCUT2D eigenvalue weighted by Gasteiger charge is -2.06. The van der Waals surface area contributed by atoms with Crippen LogP contribution in [0.2, 0.25) is 0 Å². The van der Waals surface area contributed by atoms with Crippen LogP contribution in [0.4, 0.5) is 5.69 Å². The number of rotatable bonds is 4. The normalized spacial score (nSPS) is 10.1. The molecule has 1 N–H and O–H groups in total. The highest BCUT2D eigenvalue weighted by atomic mass is 32.2. The molecule has 0 aliphatic carbocycles. The van der Waals surface area contributed by atoms with Gasteiger partial charge in [-0.25, -0.2) is 0 Å². The van der Waals surface area contributed by atoms with Crippen molar-refractivity contribution < 1.29 is 4.79 Å². The third kappa shape index (κ3) is 3.16. The van der Waals surface area contributed by atoms with Gasteiger partial charge < -0.3 is 9.88 Å². The number of para-hydroxylation sites is 1. The topological polar surface area (TPSA) is 83.6 Å². The second-order valence-corrected chi connectivity index (χ2v) is 5.03. The van der Waals surface area contributed by atoms with Crippen molar-refractivity contribution in [2.75, 3.05) is 11.1 Å². The summed E-state index contributed by atoms with van der Waals surface area (Å²) >= 11 is 1.30. The van der Waals surface area contributed by atoms with Crippen LogP contribution in [-0.4, -0.2) is 26.4 Å². The van der Waals surface area contributed by atoms with Crippen molar-refractivity contribution >= 4 is 23.4 Å². The summed E-state index contributed by atoms with van der Waals surface area (Å²) in [5.41, 5.74) is 0.968. The number of carbonyl (C=O) groups excluding carboxylic acids is 1. The fraction of sp³-hybridized carbons (Fsp3) is 0.231. The molecule has 20 heavy (non-hydrogen) atoms. The van der Waals surface area contributed by atoms with Crippen LogP contribution in [0.25, 0.3) is 0 Å². The molecule has 0 fully saturated rings. The van der Waals surface area contributed by atoms with Crippen LogP contribution >= 0.6 is 11.8 Å². The van der Waals surface area contributed by atoms with Crippen molar-refractivity contribution in [3.05, 3.63) is 35.7 Å². The zero-order chi connectivity index (χ0) is 14.5. The number of carbonyl (C=O) groups is 1. The average molecular weight is 287 g/mol. The summed E-state index contributed by atoms with van der Waals surface area (Å²) in [6.07, 6.45) is 0. The maximum atomic E-state index is 11.9. The van der Waals surface area contributed by atoms with E-state index in [2.05, 4.69) is 15.5 Å². The third-order valence-corrected chi connectivity index (χ3v) is 3.73. The number of amides is 1. The Bertz CT molecular complexity index is 674. The van der Waals surface area contributed by atoms with Gasteiger partial charge in [-0.15, -0.1) is 10.2 Å². The van der Waals surface area contributed by atoms with Crippen LogP contribution in [0.1, 0.15) is 11.4 Å². The van der Waals surface area contributed by atoms with Gasteiger partial charge in [-0.1, -0.05) is 23.9 Å². The number of nitrogens with one attached hydrogen (secondary N) is 1.